The summed E-state index contributed by atoms with van der Waals surface area (Å²) in [5.41, 5.74) is 6.89. The highest BCUT2D eigenvalue weighted by Gasteiger charge is 2.03. The van der Waals surface area contributed by atoms with Crippen molar-refractivity contribution in [3.05, 3.63) is 24.7 Å². The van der Waals surface area contributed by atoms with E-state index in [1.165, 1.54) is 0 Å². The van der Waals surface area contributed by atoms with E-state index in [0.717, 1.165) is 0 Å². The average Bonchev–Trinajstić information content (AvgIpc) is 2.62. The molecule has 15 heavy (non-hydrogen) atoms. The van der Waals surface area contributed by atoms with Crippen molar-refractivity contribution in [1.29, 1.82) is 0 Å². The van der Waals surface area contributed by atoms with Crippen LogP contribution >= 0.6 is 0 Å². The quantitative estimate of drug-likeness (QED) is 0.686. The van der Waals surface area contributed by atoms with Gasteiger partial charge in [-0.1, -0.05) is 12.2 Å². The van der Waals surface area contributed by atoms with Crippen molar-refractivity contribution in [3.8, 4) is 0 Å². The van der Waals surface area contributed by atoms with Gasteiger partial charge in [-0.25, -0.2) is 9.97 Å². The second kappa shape index (κ2) is 4.05. The molecule has 0 saturated carbocycles. The van der Waals surface area contributed by atoms with Crippen molar-refractivity contribution in [3.63, 3.8) is 0 Å². The number of nitrogens with two attached hydrogens (primary N) is 1. The van der Waals surface area contributed by atoms with Gasteiger partial charge in [0, 0.05) is 6.54 Å². The first-order valence-corrected chi connectivity index (χ1v) is 4.50. The molecule has 0 spiro atoms. The third kappa shape index (κ3) is 1.94. The Morgan fingerprint density at radius 1 is 1.40 bits per heavy atom. The number of rotatable bonds is 3. The van der Waals surface area contributed by atoms with E-state index < -0.39 is 0 Å². The summed E-state index contributed by atoms with van der Waals surface area (Å²) in [6, 6.07) is 0. The van der Waals surface area contributed by atoms with Crippen molar-refractivity contribution >= 4 is 17.1 Å². The number of allylic oxidation sites excluding steroid dienone is 1. The summed E-state index contributed by atoms with van der Waals surface area (Å²) in [7, 11) is 0. The molecule has 0 atom stereocenters. The molecule has 0 aliphatic rings. The number of hydrogen-bond acceptors (Lipinski definition) is 5. The highest BCUT2D eigenvalue weighted by Crippen LogP contribution is 2.09. The van der Waals surface area contributed by atoms with Crippen molar-refractivity contribution in [2.75, 3.05) is 12.3 Å². The van der Waals surface area contributed by atoms with Gasteiger partial charge in [-0.05, 0) is 0 Å². The smallest absolute Gasteiger partial charge is 0.222 e. The van der Waals surface area contributed by atoms with Gasteiger partial charge in [0.05, 0.1) is 19.1 Å². The van der Waals surface area contributed by atoms with Crippen LogP contribution in [-0.4, -0.2) is 31.2 Å². The topological polar surface area (TPSA) is 89.8 Å². The summed E-state index contributed by atoms with van der Waals surface area (Å²) in [4.78, 5) is 12.1. The maximum atomic E-state index is 8.59. The molecule has 0 saturated heterocycles. The van der Waals surface area contributed by atoms with E-state index in [1.807, 2.05) is 10.6 Å². The van der Waals surface area contributed by atoms with Gasteiger partial charge < -0.3 is 15.4 Å². The summed E-state index contributed by atoms with van der Waals surface area (Å²) in [5, 5.41) is 8.59. The molecule has 2 heterocycles. The molecule has 0 amide bonds. The largest absolute Gasteiger partial charge is 0.392 e. The van der Waals surface area contributed by atoms with Gasteiger partial charge in [0.1, 0.15) is 5.52 Å². The molecular weight excluding hydrogens is 194 g/mol. The van der Waals surface area contributed by atoms with E-state index in [1.54, 1.807) is 18.6 Å². The zero-order valence-corrected chi connectivity index (χ0v) is 8.04. The third-order valence-electron chi connectivity index (χ3n) is 1.95. The Balaban J connectivity index is 2.35. The minimum absolute atomic E-state index is 0.0315. The lowest BCUT2D eigenvalue weighted by atomic mass is 10.5. The molecule has 2 rings (SSSR count). The highest BCUT2D eigenvalue weighted by molar-refractivity contribution is 5.70. The van der Waals surface area contributed by atoms with Crippen molar-refractivity contribution in [2.45, 2.75) is 6.54 Å². The number of fused-ring (bicyclic) bond motifs is 1. The zero-order valence-electron chi connectivity index (χ0n) is 8.04. The fraction of sp³-hybridized carbons (Fsp3) is 0.222. The van der Waals surface area contributed by atoms with Gasteiger partial charge in [0.2, 0.25) is 5.95 Å². The first kappa shape index (κ1) is 9.60. The van der Waals surface area contributed by atoms with Crippen LogP contribution in [0.5, 0.6) is 0 Å². The van der Waals surface area contributed by atoms with Gasteiger partial charge in [-0.3, -0.25) is 0 Å². The number of aromatic nitrogens is 4. The van der Waals surface area contributed by atoms with Gasteiger partial charge in [-0.15, -0.1) is 0 Å². The lowest BCUT2D eigenvalue weighted by molar-refractivity contribution is 0.342. The summed E-state index contributed by atoms with van der Waals surface area (Å²) in [6.45, 7) is 0.636. The van der Waals surface area contributed by atoms with Gasteiger partial charge >= 0.3 is 0 Å². The molecule has 6 nitrogen and oxygen atoms in total. The fourth-order valence-corrected chi connectivity index (χ4v) is 1.26. The standard InChI is InChI=1S/C9H11N5O/c10-9-11-5-7-8(13-9)14(6-12-7)3-1-2-4-15/h1-2,5-6,15H,3-4H2,(H2,10,11,13)/b2-1-. The van der Waals surface area contributed by atoms with Gasteiger partial charge in [0.15, 0.2) is 5.65 Å². The molecule has 0 aliphatic carbocycles. The summed E-state index contributed by atoms with van der Waals surface area (Å²) < 4.78 is 1.83. The molecule has 0 aliphatic heterocycles. The Labute approximate surface area is 86.1 Å². The molecule has 0 fully saturated rings. The summed E-state index contributed by atoms with van der Waals surface area (Å²) in [5.74, 6) is 0.232. The van der Waals surface area contributed by atoms with Crippen LogP contribution in [0.25, 0.3) is 11.2 Å². The Kier molecular flexibility index (Phi) is 2.59. The summed E-state index contributed by atoms with van der Waals surface area (Å²) in [6.07, 6.45) is 6.75. The molecule has 3 N–H and O–H groups in total. The Morgan fingerprint density at radius 2 is 2.27 bits per heavy atom. The van der Waals surface area contributed by atoms with Crippen molar-refractivity contribution in [2.24, 2.45) is 0 Å². The van der Waals surface area contributed by atoms with Crippen LogP contribution in [-0.2, 0) is 6.54 Å². The van der Waals surface area contributed by atoms with Crippen molar-refractivity contribution < 1.29 is 5.11 Å². The number of imidazole rings is 1. The molecule has 2 aromatic rings. The van der Waals surface area contributed by atoms with E-state index in [2.05, 4.69) is 15.0 Å². The maximum absolute atomic E-state index is 8.59. The molecule has 0 aromatic carbocycles. The predicted molar refractivity (Wildman–Crippen MR) is 56.0 cm³/mol. The van der Waals surface area contributed by atoms with Crippen LogP contribution in [0.3, 0.4) is 0 Å². The number of nitrogens with zero attached hydrogens (tertiary/aromatic N) is 4. The first-order valence-electron chi connectivity index (χ1n) is 4.50. The normalized spacial score (nSPS) is 11.5. The van der Waals surface area contributed by atoms with E-state index in [0.29, 0.717) is 17.7 Å². The molecule has 78 valence electrons. The lowest BCUT2D eigenvalue weighted by Crippen LogP contribution is -1.99. The van der Waals surface area contributed by atoms with E-state index in [4.69, 9.17) is 10.8 Å². The number of aliphatic hydroxyl groups is 1. The van der Waals surface area contributed by atoms with E-state index in [9.17, 15) is 0 Å². The fourth-order valence-electron chi connectivity index (χ4n) is 1.26. The Bertz CT molecular complexity index is 490. The number of hydrogen-bond donors (Lipinski definition) is 2. The monoisotopic (exact) mass is 205 g/mol. The Hall–Kier alpha value is -1.95. The van der Waals surface area contributed by atoms with Gasteiger partial charge in [0.25, 0.3) is 0 Å². The highest BCUT2D eigenvalue weighted by atomic mass is 16.2. The number of aliphatic hydroxyl groups excluding tert-OH is 1. The van der Waals surface area contributed by atoms with Crippen LogP contribution in [0.2, 0.25) is 0 Å². The second-order valence-electron chi connectivity index (χ2n) is 2.99. The lowest BCUT2D eigenvalue weighted by Gasteiger charge is -1.98. The van der Waals surface area contributed by atoms with Crippen molar-refractivity contribution in [1.82, 2.24) is 19.5 Å². The maximum Gasteiger partial charge on any atom is 0.222 e. The minimum atomic E-state index is 0.0315. The predicted octanol–water partition coefficient (Wildman–Crippen LogP) is -0.0430. The first-order chi connectivity index (χ1) is 7.31. The van der Waals surface area contributed by atoms with Crippen LogP contribution in [0.1, 0.15) is 0 Å². The Morgan fingerprint density at radius 3 is 3.07 bits per heavy atom. The minimum Gasteiger partial charge on any atom is -0.392 e. The van der Waals surface area contributed by atoms with Crippen LogP contribution < -0.4 is 5.73 Å². The average molecular weight is 205 g/mol. The van der Waals surface area contributed by atoms with E-state index in [-0.39, 0.29) is 12.6 Å². The van der Waals surface area contributed by atoms with Gasteiger partial charge in [-0.2, -0.15) is 4.98 Å². The molecule has 0 bridgehead atoms. The van der Waals surface area contributed by atoms with Crippen LogP contribution in [0, 0.1) is 0 Å². The molecular formula is C9H11N5O. The molecule has 6 heteroatoms. The number of anilines is 1. The summed E-state index contributed by atoms with van der Waals surface area (Å²) >= 11 is 0. The molecule has 2 aromatic heterocycles. The molecule has 0 radical (unpaired) electrons. The third-order valence-corrected chi connectivity index (χ3v) is 1.95. The SMILES string of the molecule is Nc1ncc2ncn(C/C=C\CO)c2n1. The van der Waals surface area contributed by atoms with Crippen LogP contribution in [0.4, 0.5) is 5.95 Å². The van der Waals surface area contributed by atoms with Crippen LogP contribution in [0.15, 0.2) is 24.7 Å². The second-order valence-corrected chi connectivity index (χ2v) is 2.99. The molecule has 0 unspecified atom stereocenters. The van der Waals surface area contributed by atoms with E-state index >= 15 is 0 Å². The number of nitrogen functional groups attached to an aromatic ring is 1. The zero-order chi connectivity index (χ0) is 10.7.